The van der Waals surface area contributed by atoms with Crippen LogP contribution in [-0.4, -0.2) is 44.1 Å². The van der Waals surface area contributed by atoms with Crippen LogP contribution in [0.25, 0.3) is 10.8 Å². The number of nitrogens with zero attached hydrogens (tertiary/aromatic N) is 2. The largest absolute Gasteiger partial charge is 0.381 e. The molecule has 1 unspecified atom stereocenters. The Bertz CT molecular complexity index is 1400. The van der Waals surface area contributed by atoms with Crippen molar-refractivity contribution < 1.29 is 39.3 Å². The zero-order valence-electron chi connectivity index (χ0n) is 18.8. The van der Waals surface area contributed by atoms with Gasteiger partial charge >= 0.3 is 10.1 Å². The van der Waals surface area contributed by atoms with E-state index in [0.717, 1.165) is 44.0 Å². The molecule has 5 rings (SSSR count). The minimum atomic E-state index is -4.94. The SMILES string of the molecule is O=S(=O)(Oc1c(F)c(F)c(F)c(F)c1F)c1ccc2c(C3CCCN3C3CCOCC3)nccc2c1. The summed E-state index contributed by atoms with van der Waals surface area (Å²) < 4.78 is 104. The first-order valence-corrected chi connectivity index (χ1v) is 12.8. The molecule has 0 bridgehead atoms. The summed E-state index contributed by atoms with van der Waals surface area (Å²) in [6.07, 6.45) is 5.24. The molecule has 2 saturated heterocycles. The Hall–Kier alpha value is -2.83. The van der Waals surface area contributed by atoms with Crippen molar-refractivity contribution in [1.29, 1.82) is 0 Å². The van der Waals surface area contributed by atoms with Crippen molar-refractivity contribution in [3.8, 4) is 5.75 Å². The van der Waals surface area contributed by atoms with E-state index >= 15 is 0 Å². The smallest absolute Gasteiger partial charge is 0.339 e. The highest BCUT2D eigenvalue weighted by Crippen LogP contribution is 2.38. The molecule has 0 saturated carbocycles. The van der Waals surface area contributed by atoms with Gasteiger partial charge in [0.25, 0.3) is 0 Å². The van der Waals surface area contributed by atoms with Gasteiger partial charge in [0, 0.05) is 30.8 Å². The zero-order chi connectivity index (χ0) is 25.6. The first-order valence-electron chi connectivity index (χ1n) is 11.4. The highest BCUT2D eigenvalue weighted by atomic mass is 32.2. The van der Waals surface area contributed by atoms with Gasteiger partial charge in [-0.15, -0.1) is 0 Å². The molecule has 192 valence electrons. The van der Waals surface area contributed by atoms with Crippen LogP contribution >= 0.6 is 0 Å². The number of benzene rings is 2. The molecule has 0 N–H and O–H groups in total. The van der Waals surface area contributed by atoms with Crippen LogP contribution in [0.2, 0.25) is 0 Å². The molecule has 0 aliphatic carbocycles. The number of hydrogen-bond acceptors (Lipinski definition) is 6. The fraction of sp³-hybridized carbons (Fsp3) is 0.375. The van der Waals surface area contributed by atoms with Gasteiger partial charge in [0.1, 0.15) is 4.90 Å². The van der Waals surface area contributed by atoms with E-state index in [9.17, 15) is 30.4 Å². The van der Waals surface area contributed by atoms with Gasteiger partial charge in [-0.25, -0.2) is 13.2 Å². The number of aromatic nitrogens is 1. The van der Waals surface area contributed by atoms with Crippen LogP contribution in [0.5, 0.6) is 5.75 Å². The van der Waals surface area contributed by atoms with Crippen molar-refractivity contribution in [1.82, 2.24) is 9.88 Å². The second-order valence-corrected chi connectivity index (χ2v) is 10.3. The highest BCUT2D eigenvalue weighted by Gasteiger charge is 2.35. The standard InChI is InChI=1S/C24H21F5N2O4S/c25-18-19(26)21(28)24(22(29)20(18)27)35-36(32,33)15-3-4-16-13(12-15)5-8-30-23(16)17-2-1-9-31(17)14-6-10-34-11-7-14/h3-5,8,12,14,17H,1-2,6-7,9-11H2. The first kappa shape index (κ1) is 24.8. The molecule has 12 heteroatoms. The van der Waals surface area contributed by atoms with Gasteiger partial charge in [0.05, 0.1) is 11.7 Å². The van der Waals surface area contributed by atoms with Crippen LogP contribution < -0.4 is 4.18 Å². The second-order valence-electron chi connectivity index (χ2n) is 8.76. The van der Waals surface area contributed by atoms with E-state index in [1.807, 2.05) is 0 Å². The summed E-state index contributed by atoms with van der Waals surface area (Å²) >= 11 is 0. The lowest BCUT2D eigenvalue weighted by Gasteiger charge is -2.35. The van der Waals surface area contributed by atoms with Crippen molar-refractivity contribution >= 4 is 20.9 Å². The third kappa shape index (κ3) is 4.31. The number of ether oxygens (including phenoxy) is 1. The molecule has 2 fully saturated rings. The fourth-order valence-electron chi connectivity index (χ4n) is 4.95. The van der Waals surface area contributed by atoms with Crippen LogP contribution in [-0.2, 0) is 14.9 Å². The van der Waals surface area contributed by atoms with E-state index < -0.39 is 49.8 Å². The van der Waals surface area contributed by atoms with Gasteiger partial charge in [-0.05, 0) is 55.8 Å². The Morgan fingerprint density at radius 1 is 0.917 bits per heavy atom. The molecule has 3 aromatic rings. The zero-order valence-corrected chi connectivity index (χ0v) is 19.6. The lowest BCUT2D eigenvalue weighted by atomic mass is 10.0. The molecular formula is C24H21F5N2O4S. The molecule has 2 aromatic carbocycles. The van der Waals surface area contributed by atoms with E-state index in [2.05, 4.69) is 14.1 Å². The maximum Gasteiger partial charge on any atom is 0.339 e. The minimum Gasteiger partial charge on any atom is -0.381 e. The molecule has 6 nitrogen and oxygen atoms in total. The third-order valence-electron chi connectivity index (χ3n) is 6.69. The second kappa shape index (κ2) is 9.56. The summed E-state index contributed by atoms with van der Waals surface area (Å²) in [4.78, 5) is 6.47. The summed E-state index contributed by atoms with van der Waals surface area (Å²) in [5.41, 5.74) is 0.779. The number of rotatable bonds is 5. The number of fused-ring (bicyclic) bond motifs is 1. The van der Waals surface area contributed by atoms with Crippen LogP contribution in [0.15, 0.2) is 35.4 Å². The van der Waals surface area contributed by atoms with Gasteiger partial charge in [0.2, 0.25) is 34.8 Å². The van der Waals surface area contributed by atoms with Crippen molar-refractivity contribution in [3.63, 3.8) is 0 Å². The number of likely N-dealkylation sites (tertiary alicyclic amines) is 1. The maximum atomic E-state index is 14.0. The van der Waals surface area contributed by atoms with Crippen molar-refractivity contribution in [3.05, 3.63) is 65.2 Å². The molecule has 2 aliphatic rings. The van der Waals surface area contributed by atoms with E-state index in [1.54, 1.807) is 12.3 Å². The Morgan fingerprint density at radius 2 is 1.58 bits per heavy atom. The average Bonchev–Trinajstić information content (AvgIpc) is 3.38. The van der Waals surface area contributed by atoms with E-state index in [-0.39, 0.29) is 6.04 Å². The predicted molar refractivity (Wildman–Crippen MR) is 118 cm³/mol. The molecule has 1 aromatic heterocycles. The lowest BCUT2D eigenvalue weighted by Crippen LogP contribution is -2.39. The van der Waals surface area contributed by atoms with Gasteiger partial charge in [-0.1, -0.05) is 6.07 Å². The molecule has 0 spiro atoms. The van der Waals surface area contributed by atoms with Gasteiger partial charge in [0.15, 0.2) is 0 Å². The van der Waals surface area contributed by atoms with Gasteiger partial charge < -0.3 is 8.92 Å². The van der Waals surface area contributed by atoms with Gasteiger partial charge in [-0.2, -0.15) is 17.2 Å². The number of hydrogen-bond donors (Lipinski definition) is 0. The summed E-state index contributed by atoms with van der Waals surface area (Å²) in [6, 6.07) is 5.84. The summed E-state index contributed by atoms with van der Waals surface area (Å²) in [6.45, 7) is 2.30. The fourth-order valence-corrected chi connectivity index (χ4v) is 5.92. The van der Waals surface area contributed by atoms with Crippen molar-refractivity contribution in [2.45, 2.75) is 42.7 Å². The molecule has 36 heavy (non-hydrogen) atoms. The number of pyridine rings is 1. The van der Waals surface area contributed by atoms with Gasteiger partial charge in [-0.3, -0.25) is 9.88 Å². The number of halogens is 5. The first-order chi connectivity index (χ1) is 17.2. The summed E-state index contributed by atoms with van der Waals surface area (Å²) in [5.74, 6) is -13.7. The molecular weight excluding hydrogens is 507 g/mol. The Morgan fingerprint density at radius 3 is 2.28 bits per heavy atom. The quantitative estimate of drug-likeness (QED) is 0.201. The maximum absolute atomic E-state index is 14.0. The summed E-state index contributed by atoms with van der Waals surface area (Å²) in [5, 5.41) is 1.16. The van der Waals surface area contributed by atoms with Crippen LogP contribution in [0.3, 0.4) is 0 Å². The van der Waals surface area contributed by atoms with E-state index in [4.69, 9.17) is 4.74 Å². The molecule has 0 amide bonds. The normalized spacial score (nSPS) is 19.8. The molecule has 3 heterocycles. The molecule has 1 atom stereocenters. The van der Waals surface area contributed by atoms with E-state index in [1.165, 1.54) is 12.1 Å². The van der Waals surface area contributed by atoms with Crippen LogP contribution in [0.4, 0.5) is 22.0 Å². The predicted octanol–water partition coefficient (Wildman–Crippen LogP) is 5.01. The Labute approximate surface area is 203 Å². The molecule has 2 aliphatic heterocycles. The third-order valence-corrected chi connectivity index (χ3v) is 7.90. The monoisotopic (exact) mass is 528 g/mol. The van der Waals surface area contributed by atoms with E-state index in [0.29, 0.717) is 30.0 Å². The topological polar surface area (TPSA) is 68.7 Å². The van der Waals surface area contributed by atoms with Crippen LogP contribution in [0.1, 0.15) is 37.4 Å². The van der Waals surface area contributed by atoms with Crippen LogP contribution in [0, 0.1) is 29.1 Å². The van der Waals surface area contributed by atoms with Crippen molar-refractivity contribution in [2.24, 2.45) is 0 Å². The highest BCUT2D eigenvalue weighted by molar-refractivity contribution is 7.87. The minimum absolute atomic E-state index is 0.0314. The Kier molecular flexibility index (Phi) is 6.60. The summed E-state index contributed by atoms with van der Waals surface area (Å²) in [7, 11) is -4.94. The average molecular weight is 528 g/mol. The molecule has 0 radical (unpaired) electrons. The Balaban J connectivity index is 1.49. The van der Waals surface area contributed by atoms with Crippen molar-refractivity contribution in [2.75, 3.05) is 19.8 Å². The lowest BCUT2D eigenvalue weighted by molar-refractivity contribution is 0.0287.